The molecule has 2 heterocycles. The van der Waals surface area contributed by atoms with Crippen molar-refractivity contribution < 1.29 is 4.79 Å². The fraction of sp³-hybridized carbons (Fsp3) is 0.857. The molecule has 0 aliphatic carbocycles. The van der Waals surface area contributed by atoms with E-state index >= 15 is 0 Å². The molecular formula is C7H12N2O. The first kappa shape index (κ1) is 6.16. The summed E-state index contributed by atoms with van der Waals surface area (Å²) < 4.78 is 0. The second-order valence-corrected chi connectivity index (χ2v) is 3.17. The number of nitrogens with zero attached hydrogens (tertiary/aromatic N) is 1. The van der Waals surface area contributed by atoms with Crippen LogP contribution in [0.15, 0.2) is 0 Å². The molecule has 3 nitrogen and oxygen atoms in total. The number of hydrogen-bond donors (Lipinski definition) is 1. The molecule has 2 saturated heterocycles. The summed E-state index contributed by atoms with van der Waals surface area (Å²) in [4.78, 5) is 13.1. The predicted octanol–water partition coefficient (Wildman–Crippen LogP) is -0.563. The van der Waals surface area contributed by atoms with E-state index in [1.165, 1.54) is 0 Å². The van der Waals surface area contributed by atoms with Crippen LogP contribution in [0.25, 0.3) is 0 Å². The van der Waals surface area contributed by atoms with E-state index in [0.717, 1.165) is 19.5 Å². The van der Waals surface area contributed by atoms with Crippen LogP contribution in [0.2, 0.25) is 0 Å². The molecule has 2 aliphatic heterocycles. The third kappa shape index (κ3) is 0.669. The lowest BCUT2D eigenvalue weighted by Crippen LogP contribution is -2.28. The van der Waals surface area contributed by atoms with Gasteiger partial charge in [0.15, 0.2) is 0 Å². The third-order valence-corrected chi connectivity index (χ3v) is 2.51. The Bertz CT molecular complexity index is 169. The highest BCUT2D eigenvalue weighted by Crippen LogP contribution is 2.24. The van der Waals surface area contributed by atoms with Crippen molar-refractivity contribution in [3.63, 3.8) is 0 Å². The molecule has 2 aliphatic rings. The monoisotopic (exact) mass is 140 g/mol. The van der Waals surface area contributed by atoms with E-state index in [-0.39, 0.29) is 0 Å². The van der Waals surface area contributed by atoms with Gasteiger partial charge in [0.05, 0.1) is 5.92 Å². The highest BCUT2D eigenvalue weighted by atomic mass is 16.2. The number of carbonyl (C=O) groups is 1. The smallest absolute Gasteiger partial charge is 0.227 e. The van der Waals surface area contributed by atoms with Crippen LogP contribution < -0.4 is 5.32 Å². The molecule has 56 valence electrons. The van der Waals surface area contributed by atoms with E-state index in [2.05, 4.69) is 5.32 Å². The quantitative estimate of drug-likeness (QED) is 0.489. The van der Waals surface area contributed by atoms with Crippen LogP contribution in [0.1, 0.15) is 6.42 Å². The molecule has 0 aromatic carbocycles. The van der Waals surface area contributed by atoms with Crippen molar-refractivity contribution in [2.24, 2.45) is 5.92 Å². The summed E-state index contributed by atoms with van der Waals surface area (Å²) in [5, 5.41) is 3.32. The molecule has 0 aromatic heterocycles. The van der Waals surface area contributed by atoms with Crippen LogP contribution in [0.5, 0.6) is 0 Å². The van der Waals surface area contributed by atoms with E-state index in [1.54, 1.807) is 0 Å². The van der Waals surface area contributed by atoms with Gasteiger partial charge in [-0.25, -0.2) is 0 Å². The first-order chi connectivity index (χ1) is 4.79. The van der Waals surface area contributed by atoms with E-state index in [9.17, 15) is 4.79 Å². The highest BCUT2D eigenvalue weighted by Gasteiger charge is 2.40. The average molecular weight is 140 g/mol. The summed E-state index contributed by atoms with van der Waals surface area (Å²) >= 11 is 0. The van der Waals surface area contributed by atoms with Gasteiger partial charge in [-0.2, -0.15) is 0 Å². The topological polar surface area (TPSA) is 32.3 Å². The Kier molecular flexibility index (Phi) is 1.20. The minimum absolute atomic E-state index is 0.296. The van der Waals surface area contributed by atoms with E-state index in [0.29, 0.717) is 17.9 Å². The number of hydrogen-bond acceptors (Lipinski definition) is 2. The Morgan fingerprint density at radius 3 is 3.20 bits per heavy atom. The molecule has 3 heteroatoms. The van der Waals surface area contributed by atoms with Gasteiger partial charge in [0.25, 0.3) is 0 Å². The van der Waals surface area contributed by atoms with Crippen molar-refractivity contribution in [3.8, 4) is 0 Å². The molecule has 2 unspecified atom stereocenters. The largest absolute Gasteiger partial charge is 0.344 e. The number of likely N-dealkylation sites (tertiary alicyclic amines) is 1. The maximum atomic E-state index is 11.3. The fourth-order valence-electron chi connectivity index (χ4n) is 1.92. The normalized spacial score (nSPS) is 38.9. The summed E-state index contributed by atoms with van der Waals surface area (Å²) in [6, 6.07) is 0.456. The lowest BCUT2D eigenvalue weighted by Gasteiger charge is -2.08. The van der Waals surface area contributed by atoms with Crippen LogP contribution in [0, 0.1) is 5.92 Å². The molecule has 0 saturated carbocycles. The molecule has 0 bridgehead atoms. The summed E-state index contributed by atoms with van der Waals surface area (Å²) in [6.07, 6.45) is 1.04. The van der Waals surface area contributed by atoms with E-state index in [4.69, 9.17) is 0 Å². The standard InChI is InChI=1S/C7H12N2O/c1-9-4-6-5(7(9)10)2-3-8-6/h5-6,8H,2-4H2,1H3. The van der Waals surface area contributed by atoms with Crippen molar-refractivity contribution in [2.75, 3.05) is 20.1 Å². The zero-order chi connectivity index (χ0) is 7.14. The maximum Gasteiger partial charge on any atom is 0.227 e. The summed E-state index contributed by atoms with van der Waals surface area (Å²) in [7, 11) is 1.88. The first-order valence-electron chi connectivity index (χ1n) is 3.77. The molecule has 0 spiro atoms. The number of carbonyl (C=O) groups excluding carboxylic acids is 1. The first-order valence-corrected chi connectivity index (χ1v) is 3.77. The summed E-state index contributed by atoms with van der Waals surface area (Å²) in [5.74, 6) is 0.625. The molecular weight excluding hydrogens is 128 g/mol. The van der Waals surface area contributed by atoms with Gasteiger partial charge >= 0.3 is 0 Å². The van der Waals surface area contributed by atoms with Crippen LogP contribution >= 0.6 is 0 Å². The number of amides is 1. The van der Waals surface area contributed by atoms with Gasteiger partial charge in [0.1, 0.15) is 0 Å². The highest BCUT2D eigenvalue weighted by molar-refractivity contribution is 5.82. The maximum absolute atomic E-state index is 11.3. The van der Waals surface area contributed by atoms with Crippen molar-refractivity contribution in [1.82, 2.24) is 10.2 Å². The molecule has 1 N–H and O–H groups in total. The second-order valence-electron chi connectivity index (χ2n) is 3.17. The van der Waals surface area contributed by atoms with Gasteiger partial charge < -0.3 is 10.2 Å². The lowest BCUT2D eigenvalue weighted by atomic mass is 10.0. The van der Waals surface area contributed by atoms with Crippen LogP contribution in [-0.4, -0.2) is 37.0 Å². The van der Waals surface area contributed by atoms with Crippen molar-refractivity contribution in [1.29, 1.82) is 0 Å². The Hall–Kier alpha value is -0.570. The lowest BCUT2D eigenvalue weighted by molar-refractivity contribution is -0.129. The minimum atomic E-state index is 0.296. The fourth-order valence-corrected chi connectivity index (χ4v) is 1.92. The number of likely N-dealkylation sites (N-methyl/N-ethyl adjacent to an activating group) is 1. The average Bonchev–Trinajstić information content (AvgIpc) is 2.41. The number of nitrogens with one attached hydrogen (secondary N) is 1. The van der Waals surface area contributed by atoms with Gasteiger partial charge in [0.2, 0.25) is 5.91 Å². The predicted molar refractivity (Wildman–Crippen MR) is 37.5 cm³/mol. The Labute approximate surface area is 60.4 Å². The molecule has 0 aromatic rings. The van der Waals surface area contributed by atoms with Crippen molar-refractivity contribution >= 4 is 5.91 Å². The Balaban J connectivity index is 2.17. The molecule has 0 radical (unpaired) electrons. The molecule has 2 rings (SSSR count). The van der Waals surface area contributed by atoms with Crippen molar-refractivity contribution in [3.05, 3.63) is 0 Å². The summed E-state index contributed by atoms with van der Waals surface area (Å²) in [6.45, 7) is 1.93. The van der Waals surface area contributed by atoms with Crippen molar-refractivity contribution in [2.45, 2.75) is 12.5 Å². The molecule has 2 fully saturated rings. The number of rotatable bonds is 0. The van der Waals surface area contributed by atoms with Gasteiger partial charge in [0, 0.05) is 19.6 Å². The number of fused-ring (bicyclic) bond motifs is 1. The van der Waals surface area contributed by atoms with Crippen LogP contribution in [-0.2, 0) is 4.79 Å². The molecule has 1 amide bonds. The SMILES string of the molecule is CN1CC2NCCC2C1=O. The zero-order valence-electron chi connectivity index (χ0n) is 6.13. The van der Waals surface area contributed by atoms with E-state index < -0.39 is 0 Å². The Morgan fingerprint density at radius 2 is 2.50 bits per heavy atom. The van der Waals surface area contributed by atoms with Crippen LogP contribution in [0.4, 0.5) is 0 Å². The summed E-state index contributed by atoms with van der Waals surface area (Å²) in [5.41, 5.74) is 0. The molecule has 10 heavy (non-hydrogen) atoms. The van der Waals surface area contributed by atoms with Gasteiger partial charge in [-0.1, -0.05) is 0 Å². The zero-order valence-corrected chi connectivity index (χ0v) is 6.13. The third-order valence-electron chi connectivity index (χ3n) is 2.51. The van der Waals surface area contributed by atoms with Gasteiger partial charge in [-0.3, -0.25) is 4.79 Å². The van der Waals surface area contributed by atoms with Gasteiger partial charge in [-0.15, -0.1) is 0 Å². The molecule has 2 atom stereocenters. The van der Waals surface area contributed by atoms with E-state index in [1.807, 2.05) is 11.9 Å². The second kappa shape index (κ2) is 1.95. The Morgan fingerprint density at radius 1 is 1.70 bits per heavy atom. The minimum Gasteiger partial charge on any atom is -0.344 e. The van der Waals surface area contributed by atoms with Crippen LogP contribution in [0.3, 0.4) is 0 Å². The van der Waals surface area contributed by atoms with Gasteiger partial charge in [-0.05, 0) is 13.0 Å².